The molecular formula is C7H15O4P. The number of hydrogen-bond donors (Lipinski definition) is 1. The predicted molar refractivity (Wildman–Crippen MR) is 46.2 cm³/mol. The molecule has 0 aromatic carbocycles. The zero-order valence-electron chi connectivity index (χ0n) is 7.21. The Labute approximate surface area is 72.4 Å². The Balaban J connectivity index is 2.09. The Bertz CT molecular complexity index is 140. The molecule has 3 heterocycles. The molecule has 0 radical (unpaired) electrons. The van der Waals surface area contributed by atoms with E-state index >= 15 is 0 Å². The van der Waals surface area contributed by atoms with Gasteiger partial charge in [0.15, 0.2) is 0 Å². The van der Waals surface area contributed by atoms with E-state index in [9.17, 15) is 0 Å². The second-order valence-corrected chi connectivity index (χ2v) is 6.50. The monoisotopic (exact) mass is 194 g/mol. The van der Waals surface area contributed by atoms with Gasteiger partial charge >= 0.3 is 71.5 Å². The van der Waals surface area contributed by atoms with Crippen LogP contribution in [0, 0.1) is 5.41 Å². The van der Waals surface area contributed by atoms with Crippen LogP contribution in [-0.2, 0) is 13.6 Å². The standard InChI is InChI=1S/C7H15O4P/c1-2-12-9-4-7(3-8,5-10-12)6-11-12/h8,12H,2-6H2,1H3. The van der Waals surface area contributed by atoms with E-state index in [2.05, 4.69) is 0 Å². The van der Waals surface area contributed by atoms with Gasteiger partial charge in [0, 0.05) is 0 Å². The fourth-order valence-corrected chi connectivity index (χ4v) is 3.92. The van der Waals surface area contributed by atoms with Gasteiger partial charge in [0.25, 0.3) is 0 Å². The van der Waals surface area contributed by atoms with Crippen LogP contribution in [0.2, 0.25) is 0 Å². The summed E-state index contributed by atoms with van der Waals surface area (Å²) < 4.78 is 16.6. The Kier molecular flexibility index (Phi) is 2.13. The molecule has 0 aromatic heterocycles. The topological polar surface area (TPSA) is 47.9 Å². The zero-order valence-corrected chi connectivity index (χ0v) is 8.21. The summed E-state index contributed by atoms with van der Waals surface area (Å²) in [6.07, 6.45) is 0.828. The molecule has 3 aliphatic rings. The first-order valence-electron chi connectivity index (χ1n) is 4.27. The summed E-state index contributed by atoms with van der Waals surface area (Å²) in [5, 5.41) is 9.10. The number of aliphatic hydroxyl groups excluding tert-OH is 1. The molecule has 0 spiro atoms. The number of hydrogen-bond acceptors (Lipinski definition) is 4. The Hall–Kier alpha value is 0.270. The third kappa shape index (κ3) is 1.19. The molecule has 0 unspecified atom stereocenters. The van der Waals surface area contributed by atoms with Crippen molar-refractivity contribution in [1.29, 1.82) is 0 Å². The van der Waals surface area contributed by atoms with Crippen LogP contribution in [0.3, 0.4) is 0 Å². The summed E-state index contributed by atoms with van der Waals surface area (Å²) in [5.41, 5.74) is -0.274. The molecule has 0 saturated carbocycles. The second kappa shape index (κ2) is 2.89. The van der Waals surface area contributed by atoms with E-state index in [0.717, 1.165) is 6.16 Å². The van der Waals surface area contributed by atoms with Crippen molar-refractivity contribution in [3.05, 3.63) is 0 Å². The molecular weight excluding hydrogens is 179 g/mol. The number of aliphatic hydroxyl groups is 1. The molecule has 1 N–H and O–H groups in total. The first-order chi connectivity index (χ1) is 5.74. The van der Waals surface area contributed by atoms with Crippen molar-refractivity contribution in [2.75, 3.05) is 32.6 Å². The normalized spacial score (nSPS) is 41.2. The van der Waals surface area contributed by atoms with Crippen molar-refractivity contribution in [1.82, 2.24) is 0 Å². The molecule has 2 bridgehead atoms. The van der Waals surface area contributed by atoms with Gasteiger partial charge in [-0.1, -0.05) is 0 Å². The SMILES string of the molecule is CC[PH]12OCC(CO)(CO1)CO2. The third-order valence-corrected chi connectivity index (χ3v) is 5.18. The first-order valence-corrected chi connectivity index (χ1v) is 6.20. The van der Waals surface area contributed by atoms with Crippen LogP contribution in [0.4, 0.5) is 0 Å². The van der Waals surface area contributed by atoms with Gasteiger partial charge in [0.05, 0.1) is 0 Å². The Morgan fingerprint density at radius 1 is 1.25 bits per heavy atom. The van der Waals surface area contributed by atoms with Crippen LogP contribution < -0.4 is 0 Å². The number of fused-ring (bicyclic) bond motifs is 3. The van der Waals surface area contributed by atoms with Crippen LogP contribution >= 0.6 is 7.94 Å². The maximum atomic E-state index is 9.10. The van der Waals surface area contributed by atoms with Gasteiger partial charge < -0.3 is 0 Å². The van der Waals surface area contributed by atoms with Gasteiger partial charge in [-0.15, -0.1) is 0 Å². The van der Waals surface area contributed by atoms with Crippen molar-refractivity contribution >= 4 is 7.94 Å². The fourth-order valence-electron chi connectivity index (χ4n) is 1.48. The molecule has 3 saturated heterocycles. The molecule has 3 aliphatic heterocycles. The van der Waals surface area contributed by atoms with Crippen molar-refractivity contribution in [3.63, 3.8) is 0 Å². The molecule has 0 atom stereocenters. The predicted octanol–water partition coefficient (Wildman–Crippen LogP) is 0.557. The maximum absolute atomic E-state index is 9.10. The van der Waals surface area contributed by atoms with Crippen molar-refractivity contribution in [3.8, 4) is 0 Å². The summed E-state index contributed by atoms with van der Waals surface area (Å²) >= 11 is 0. The van der Waals surface area contributed by atoms with Crippen LogP contribution in [0.15, 0.2) is 0 Å². The van der Waals surface area contributed by atoms with Gasteiger partial charge in [0.1, 0.15) is 0 Å². The minimum atomic E-state index is -2.24. The van der Waals surface area contributed by atoms with Crippen LogP contribution in [0.1, 0.15) is 6.92 Å². The quantitative estimate of drug-likeness (QED) is 0.652. The van der Waals surface area contributed by atoms with Crippen molar-refractivity contribution in [2.24, 2.45) is 5.41 Å². The van der Waals surface area contributed by atoms with Crippen molar-refractivity contribution in [2.45, 2.75) is 6.92 Å². The molecule has 0 aromatic rings. The van der Waals surface area contributed by atoms with E-state index in [1.54, 1.807) is 0 Å². The van der Waals surface area contributed by atoms with Crippen LogP contribution in [0.25, 0.3) is 0 Å². The van der Waals surface area contributed by atoms with E-state index in [1.165, 1.54) is 0 Å². The molecule has 5 heteroatoms. The average Bonchev–Trinajstić information content (AvgIpc) is 2.21. The molecule has 12 heavy (non-hydrogen) atoms. The summed E-state index contributed by atoms with van der Waals surface area (Å²) in [5.74, 6) is 0. The van der Waals surface area contributed by atoms with Crippen molar-refractivity contribution < 1.29 is 18.7 Å². The van der Waals surface area contributed by atoms with Gasteiger partial charge in [-0.2, -0.15) is 0 Å². The summed E-state index contributed by atoms with van der Waals surface area (Å²) in [4.78, 5) is 0. The van der Waals surface area contributed by atoms with E-state index in [-0.39, 0.29) is 12.0 Å². The molecule has 4 nitrogen and oxygen atoms in total. The molecule has 72 valence electrons. The van der Waals surface area contributed by atoms with Gasteiger partial charge in [-0.25, -0.2) is 0 Å². The first kappa shape index (κ1) is 8.85. The summed E-state index contributed by atoms with van der Waals surface area (Å²) in [7, 11) is -2.24. The van der Waals surface area contributed by atoms with Crippen LogP contribution in [0.5, 0.6) is 0 Å². The fraction of sp³-hybridized carbons (Fsp3) is 1.00. The summed E-state index contributed by atoms with van der Waals surface area (Å²) in [6.45, 7) is 3.90. The molecule has 3 fully saturated rings. The Morgan fingerprint density at radius 2 is 1.75 bits per heavy atom. The van der Waals surface area contributed by atoms with Gasteiger partial charge in [0.2, 0.25) is 0 Å². The van der Waals surface area contributed by atoms with E-state index < -0.39 is 7.94 Å². The molecule has 0 amide bonds. The van der Waals surface area contributed by atoms with E-state index in [0.29, 0.717) is 19.8 Å². The zero-order chi connectivity index (χ0) is 8.66. The third-order valence-electron chi connectivity index (χ3n) is 2.56. The minimum absolute atomic E-state index is 0.0845. The van der Waals surface area contributed by atoms with Gasteiger partial charge in [-0.05, 0) is 0 Å². The second-order valence-electron chi connectivity index (χ2n) is 3.56. The molecule has 0 aliphatic carbocycles. The van der Waals surface area contributed by atoms with E-state index in [1.807, 2.05) is 6.92 Å². The van der Waals surface area contributed by atoms with Gasteiger partial charge in [-0.3, -0.25) is 0 Å². The number of rotatable bonds is 2. The Morgan fingerprint density at radius 3 is 2.08 bits per heavy atom. The molecule has 3 rings (SSSR count). The van der Waals surface area contributed by atoms with Crippen LogP contribution in [-0.4, -0.2) is 37.7 Å². The average molecular weight is 194 g/mol. The van der Waals surface area contributed by atoms with E-state index in [4.69, 9.17) is 18.7 Å². The summed E-state index contributed by atoms with van der Waals surface area (Å²) in [6, 6.07) is 0.